The zero-order chi connectivity index (χ0) is 16.1. The van der Waals surface area contributed by atoms with Crippen molar-refractivity contribution in [2.75, 3.05) is 0 Å². The van der Waals surface area contributed by atoms with Gasteiger partial charge in [0.1, 0.15) is 0 Å². The molecule has 0 aliphatic rings. The van der Waals surface area contributed by atoms with E-state index < -0.39 is 5.97 Å². The van der Waals surface area contributed by atoms with Crippen molar-refractivity contribution in [2.24, 2.45) is 7.05 Å². The summed E-state index contributed by atoms with van der Waals surface area (Å²) in [5.41, 5.74) is 1.87. The van der Waals surface area contributed by atoms with Gasteiger partial charge in [0.25, 0.3) is 5.91 Å². The van der Waals surface area contributed by atoms with Crippen LogP contribution in [0.3, 0.4) is 0 Å². The van der Waals surface area contributed by atoms with E-state index in [0.29, 0.717) is 5.56 Å². The molecule has 0 bridgehead atoms. The Morgan fingerprint density at radius 2 is 1.82 bits per heavy atom. The van der Waals surface area contributed by atoms with Crippen LogP contribution in [-0.4, -0.2) is 27.6 Å². The van der Waals surface area contributed by atoms with Crippen LogP contribution >= 0.6 is 0 Å². The molecule has 1 aromatic heterocycles. The summed E-state index contributed by atoms with van der Waals surface area (Å²) in [5.74, 6) is -1.18. The maximum atomic E-state index is 12.1. The number of hydrogen-bond donors (Lipinski definition) is 2. The standard InChI is InChI=1S/C17H20N2O3/c1-12(5-10-15-4-3-11-19(15)2)18-16(20)13-6-8-14(9-7-13)17(21)22/h3-4,6-9,11-12H,5,10H2,1-2H3,(H,18,20)(H,21,22). The third-order valence-corrected chi connectivity index (χ3v) is 3.66. The molecule has 0 aliphatic carbocycles. The van der Waals surface area contributed by atoms with Crippen LogP contribution in [0.5, 0.6) is 0 Å². The molecule has 0 spiro atoms. The first-order valence-corrected chi connectivity index (χ1v) is 7.22. The van der Waals surface area contributed by atoms with Crippen molar-refractivity contribution < 1.29 is 14.7 Å². The van der Waals surface area contributed by atoms with Gasteiger partial charge in [0.2, 0.25) is 0 Å². The topological polar surface area (TPSA) is 71.3 Å². The van der Waals surface area contributed by atoms with Gasteiger partial charge < -0.3 is 15.0 Å². The number of nitrogens with zero attached hydrogens (tertiary/aromatic N) is 1. The average Bonchev–Trinajstić information content (AvgIpc) is 2.90. The predicted molar refractivity (Wildman–Crippen MR) is 84.1 cm³/mol. The second-order valence-electron chi connectivity index (χ2n) is 5.41. The first-order valence-electron chi connectivity index (χ1n) is 7.22. The lowest BCUT2D eigenvalue weighted by Gasteiger charge is -2.14. The van der Waals surface area contributed by atoms with Crippen LogP contribution in [0.4, 0.5) is 0 Å². The Hall–Kier alpha value is -2.56. The Kier molecular flexibility index (Phi) is 4.99. The zero-order valence-corrected chi connectivity index (χ0v) is 12.7. The highest BCUT2D eigenvalue weighted by molar-refractivity contribution is 5.96. The second kappa shape index (κ2) is 6.93. The maximum absolute atomic E-state index is 12.1. The molecule has 2 N–H and O–H groups in total. The number of rotatable bonds is 6. The molecule has 1 amide bonds. The SMILES string of the molecule is CC(CCc1cccn1C)NC(=O)c1ccc(C(=O)O)cc1. The number of carboxylic acid groups (broad SMARTS) is 1. The molecule has 0 fully saturated rings. The predicted octanol–water partition coefficient (Wildman–Crippen LogP) is 2.47. The molecule has 0 saturated heterocycles. The van der Waals surface area contributed by atoms with Gasteiger partial charge in [0.05, 0.1) is 5.56 Å². The van der Waals surface area contributed by atoms with Gasteiger partial charge in [-0.05, 0) is 56.2 Å². The third kappa shape index (κ3) is 3.97. The van der Waals surface area contributed by atoms with Crippen molar-refractivity contribution >= 4 is 11.9 Å². The molecule has 1 heterocycles. The third-order valence-electron chi connectivity index (χ3n) is 3.66. The van der Waals surface area contributed by atoms with Crippen LogP contribution in [0.1, 0.15) is 39.8 Å². The van der Waals surface area contributed by atoms with Crippen molar-refractivity contribution in [3.05, 3.63) is 59.4 Å². The summed E-state index contributed by atoms with van der Waals surface area (Å²) >= 11 is 0. The molecule has 0 aliphatic heterocycles. The molecule has 22 heavy (non-hydrogen) atoms. The summed E-state index contributed by atoms with van der Waals surface area (Å²) in [4.78, 5) is 22.9. The van der Waals surface area contributed by atoms with Crippen LogP contribution < -0.4 is 5.32 Å². The van der Waals surface area contributed by atoms with Crippen molar-refractivity contribution in [1.29, 1.82) is 0 Å². The van der Waals surface area contributed by atoms with Crippen LogP contribution in [0.2, 0.25) is 0 Å². The van der Waals surface area contributed by atoms with E-state index in [-0.39, 0.29) is 17.5 Å². The minimum Gasteiger partial charge on any atom is -0.478 e. The number of carbonyl (C=O) groups is 2. The van der Waals surface area contributed by atoms with Gasteiger partial charge in [0, 0.05) is 30.5 Å². The van der Waals surface area contributed by atoms with Crippen LogP contribution in [0.25, 0.3) is 0 Å². The Bertz CT molecular complexity index is 659. The van der Waals surface area contributed by atoms with Gasteiger partial charge in [0.15, 0.2) is 0 Å². The fourth-order valence-electron chi connectivity index (χ4n) is 2.26. The summed E-state index contributed by atoms with van der Waals surface area (Å²) in [7, 11) is 2.00. The molecule has 1 aromatic carbocycles. The molecule has 5 heteroatoms. The summed E-state index contributed by atoms with van der Waals surface area (Å²) < 4.78 is 2.07. The Labute approximate surface area is 129 Å². The van der Waals surface area contributed by atoms with Crippen molar-refractivity contribution in [3.63, 3.8) is 0 Å². The number of nitrogens with one attached hydrogen (secondary N) is 1. The molecule has 1 atom stereocenters. The molecular formula is C17H20N2O3. The molecule has 2 aromatic rings. The highest BCUT2D eigenvalue weighted by Crippen LogP contribution is 2.08. The van der Waals surface area contributed by atoms with Gasteiger partial charge in [-0.15, -0.1) is 0 Å². The van der Waals surface area contributed by atoms with E-state index in [2.05, 4.69) is 16.0 Å². The lowest BCUT2D eigenvalue weighted by molar-refractivity contribution is 0.0696. The van der Waals surface area contributed by atoms with Gasteiger partial charge in [-0.1, -0.05) is 0 Å². The number of carbonyl (C=O) groups excluding carboxylic acids is 1. The van der Waals surface area contributed by atoms with E-state index >= 15 is 0 Å². The fourth-order valence-corrected chi connectivity index (χ4v) is 2.26. The van der Waals surface area contributed by atoms with Crippen molar-refractivity contribution in [2.45, 2.75) is 25.8 Å². The largest absolute Gasteiger partial charge is 0.478 e. The van der Waals surface area contributed by atoms with E-state index in [1.807, 2.05) is 26.2 Å². The van der Waals surface area contributed by atoms with Crippen LogP contribution in [0, 0.1) is 0 Å². The van der Waals surface area contributed by atoms with E-state index in [1.54, 1.807) is 0 Å². The number of aromatic nitrogens is 1. The lowest BCUT2D eigenvalue weighted by atomic mass is 10.1. The Morgan fingerprint density at radius 3 is 2.36 bits per heavy atom. The van der Waals surface area contributed by atoms with E-state index in [9.17, 15) is 9.59 Å². The van der Waals surface area contributed by atoms with Crippen molar-refractivity contribution in [1.82, 2.24) is 9.88 Å². The fraction of sp³-hybridized carbons (Fsp3) is 0.294. The maximum Gasteiger partial charge on any atom is 0.335 e. The monoisotopic (exact) mass is 300 g/mol. The second-order valence-corrected chi connectivity index (χ2v) is 5.41. The molecule has 1 unspecified atom stereocenters. The summed E-state index contributed by atoms with van der Waals surface area (Å²) in [6, 6.07) is 10.0. The van der Waals surface area contributed by atoms with Crippen LogP contribution in [-0.2, 0) is 13.5 Å². The summed E-state index contributed by atoms with van der Waals surface area (Å²) in [5, 5.41) is 11.8. The number of aryl methyl sites for hydroxylation is 2. The lowest BCUT2D eigenvalue weighted by Crippen LogP contribution is -2.33. The van der Waals surface area contributed by atoms with Gasteiger partial charge in [-0.3, -0.25) is 4.79 Å². The van der Waals surface area contributed by atoms with Crippen LogP contribution in [0.15, 0.2) is 42.6 Å². The molecule has 0 radical (unpaired) electrons. The summed E-state index contributed by atoms with van der Waals surface area (Å²) in [6.45, 7) is 1.96. The molecule has 0 saturated carbocycles. The first kappa shape index (κ1) is 15.8. The van der Waals surface area contributed by atoms with E-state index in [1.165, 1.54) is 30.0 Å². The highest BCUT2D eigenvalue weighted by atomic mass is 16.4. The number of amides is 1. The smallest absolute Gasteiger partial charge is 0.335 e. The zero-order valence-electron chi connectivity index (χ0n) is 12.7. The quantitative estimate of drug-likeness (QED) is 0.861. The minimum atomic E-state index is -0.997. The minimum absolute atomic E-state index is 0.0431. The number of benzene rings is 1. The molecule has 2 rings (SSSR count). The van der Waals surface area contributed by atoms with Gasteiger partial charge in [-0.25, -0.2) is 4.79 Å². The first-order chi connectivity index (χ1) is 10.5. The average molecular weight is 300 g/mol. The Balaban J connectivity index is 1.88. The number of hydrogen-bond acceptors (Lipinski definition) is 2. The molecular weight excluding hydrogens is 280 g/mol. The van der Waals surface area contributed by atoms with E-state index in [4.69, 9.17) is 5.11 Å². The molecule has 116 valence electrons. The van der Waals surface area contributed by atoms with Gasteiger partial charge in [-0.2, -0.15) is 0 Å². The molecule has 5 nitrogen and oxygen atoms in total. The Morgan fingerprint density at radius 1 is 1.18 bits per heavy atom. The normalized spacial score (nSPS) is 11.9. The highest BCUT2D eigenvalue weighted by Gasteiger charge is 2.11. The van der Waals surface area contributed by atoms with Crippen molar-refractivity contribution in [3.8, 4) is 0 Å². The van der Waals surface area contributed by atoms with E-state index in [0.717, 1.165) is 12.8 Å². The van der Waals surface area contributed by atoms with Gasteiger partial charge >= 0.3 is 5.97 Å². The summed E-state index contributed by atoms with van der Waals surface area (Å²) in [6.07, 6.45) is 3.74. The number of aromatic carboxylic acids is 1. The number of carboxylic acids is 1.